The van der Waals surface area contributed by atoms with Gasteiger partial charge in [0.05, 0.1) is 11.5 Å². The van der Waals surface area contributed by atoms with Gasteiger partial charge in [-0.15, -0.1) is 6.42 Å². The summed E-state index contributed by atoms with van der Waals surface area (Å²) in [5.41, 5.74) is 0.701. The third-order valence-electron chi connectivity index (χ3n) is 3.04. The highest BCUT2D eigenvalue weighted by molar-refractivity contribution is 8.26. The zero-order chi connectivity index (χ0) is 18.4. The molecule has 0 radical (unpaired) electrons. The Hall–Kier alpha value is -2.50. The maximum atomic E-state index is 12.3. The molecule has 0 aromatic heterocycles. The first-order valence-corrected chi connectivity index (χ1v) is 8.49. The third kappa shape index (κ3) is 4.75. The SMILES string of the molecule is C#CCOc1ccc(/C=C2\SC(=S)N(CC(=O)O)C2=O)cc1OCC. The van der Waals surface area contributed by atoms with E-state index < -0.39 is 18.4 Å². The van der Waals surface area contributed by atoms with Gasteiger partial charge < -0.3 is 14.6 Å². The fourth-order valence-electron chi connectivity index (χ4n) is 2.04. The van der Waals surface area contributed by atoms with E-state index in [-0.39, 0.29) is 10.9 Å². The quantitative estimate of drug-likeness (QED) is 0.444. The topological polar surface area (TPSA) is 76.1 Å². The predicted octanol–water partition coefficient (Wildman–Crippen LogP) is 2.38. The summed E-state index contributed by atoms with van der Waals surface area (Å²) in [4.78, 5) is 24.5. The molecule has 1 N–H and O–H groups in total. The van der Waals surface area contributed by atoms with Gasteiger partial charge in [0.2, 0.25) is 0 Å². The normalized spacial score (nSPS) is 15.4. The number of ether oxygens (including phenoxy) is 2. The number of hydrogen-bond donors (Lipinski definition) is 1. The Morgan fingerprint density at radius 1 is 1.44 bits per heavy atom. The van der Waals surface area contributed by atoms with Crippen molar-refractivity contribution in [3.05, 3.63) is 28.7 Å². The number of carbonyl (C=O) groups excluding carboxylic acids is 1. The van der Waals surface area contributed by atoms with Crippen LogP contribution in [0.5, 0.6) is 11.5 Å². The molecule has 1 aliphatic heterocycles. The van der Waals surface area contributed by atoms with Crippen LogP contribution >= 0.6 is 24.0 Å². The standard InChI is InChI=1S/C17H15NO5S2/c1-3-7-23-12-6-5-11(8-13(12)22-4-2)9-14-16(21)18(10-15(19)20)17(24)25-14/h1,5-6,8-9H,4,7,10H2,2H3,(H,19,20)/b14-9-. The van der Waals surface area contributed by atoms with Crippen molar-refractivity contribution in [1.82, 2.24) is 4.90 Å². The maximum absolute atomic E-state index is 12.3. The van der Waals surface area contributed by atoms with E-state index in [4.69, 9.17) is 33.2 Å². The molecule has 130 valence electrons. The smallest absolute Gasteiger partial charge is 0.323 e. The molecule has 0 saturated carbocycles. The van der Waals surface area contributed by atoms with Crippen LogP contribution in [0.2, 0.25) is 0 Å². The molecule has 0 atom stereocenters. The lowest BCUT2D eigenvalue weighted by atomic mass is 10.2. The van der Waals surface area contributed by atoms with Gasteiger partial charge in [-0.25, -0.2) is 0 Å². The van der Waals surface area contributed by atoms with Gasteiger partial charge in [-0.3, -0.25) is 14.5 Å². The monoisotopic (exact) mass is 377 g/mol. The van der Waals surface area contributed by atoms with Crippen molar-refractivity contribution >= 4 is 46.3 Å². The number of carboxylic acids is 1. The molecule has 1 amide bonds. The molecule has 1 fully saturated rings. The highest BCUT2D eigenvalue weighted by Crippen LogP contribution is 2.34. The highest BCUT2D eigenvalue weighted by Gasteiger charge is 2.33. The van der Waals surface area contributed by atoms with E-state index in [0.29, 0.717) is 28.6 Å². The van der Waals surface area contributed by atoms with Gasteiger partial charge in [-0.2, -0.15) is 0 Å². The van der Waals surface area contributed by atoms with E-state index >= 15 is 0 Å². The van der Waals surface area contributed by atoms with Gasteiger partial charge in [0.1, 0.15) is 17.5 Å². The molecule has 1 aromatic carbocycles. The van der Waals surface area contributed by atoms with Crippen molar-refractivity contribution < 1.29 is 24.2 Å². The number of hydrogen-bond acceptors (Lipinski definition) is 6. The fraction of sp³-hybridized carbons (Fsp3) is 0.235. The molecule has 0 unspecified atom stereocenters. The van der Waals surface area contributed by atoms with Crippen molar-refractivity contribution in [2.24, 2.45) is 0 Å². The number of rotatable bonds is 7. The summed E-state index contributed by atoms with van der Waals surface area (Å²) >= 11 is 6.13. The molecule has 0 spiro atoms. The number of amides is 1. The second-order valence-corrected chi connectivity index (χ2v) is 6.47. The van der Waals surface area contributed by atoms with Crippen LogP contribution in [0, 0.1) is 12.3 Å². The first-order valence-electron chi connectivity index (χ1n) is 7.26. The van der Waals surface area contributed by atoms with Crippen LogP contribution in [-0.2, 0) is 9.59 Å². The Kier molecular flexibility index (Phi) is 6.44. The molecule has 0 aliphatic carbocycles. The first kappa shape index (κ1) is 18.8. The Morgan fingerprint density at radius 3 is 2.84 bits per heavy atom. The van der Waals surface area contributed by atoms with Crippen LogP contribution in [0.3, 0.4) is 0 Å². The number of nitrogens with zero attached hydrogens (tertiary/aromatic N) is 1. The summed E-state index contributed by atoms with van der Waals surface area (Å²) in [5, 5.41) is 8.86. The number of carboxylic acid groups (broad SMARTS) is 1. The summed E-state index contributed by atoms with van der Waals surface area (Å²) in [5.74, 6) is 1.85. The molecule has 1 heterocycles. The number of thioether (sulfide) groups is 1. The number of benzene rings is 1. The van der Waals surface area contributed by atoms with E-state index in [1.807, 2.05) is 6.92 Å². The van der Waals surface area contributed by atoms with Gasteiger partial charge in [0, 0.05) is 0 Å². The van der Waals surface area contributed by atoms with Crippen molar-refractivity contribution in [2.75, 3.05) is 19.8 Å². The van der Waals surface area contributed by atoms with Gasteiger partial charge in [-0.1, -0.05) is 36.0 Å². The van der Waals surface area contributed by atoms with Crippen LogP contribution in [0.4, 0.5) is 0 Å². The third-order valence-corrected chi connectivity index (χ3v) is 4.42. The van der Waals surface area contributed by atoms with E-state index in [1.54, 1.807) is 24.3 Å². The van der Waals surface area contributed by atoms with Gasteiger partial charge in [0.25, 0.3) is 5.91 Å². The predicted molar refractivity (Wildman–Crippen MR) is 99.5 cm³/mol. The van der Waals surface area contributed by atoms with E-state index in [1.165, 1.54) is 0 Å². The largest absolute Gasteiger partial charge is 0.490 e. The number of terminal acetylenes is 1. The van der Waals surface area contributed by atoms with Crippen LogP contribution in [0.1, 0.15) is 12.5 Å². The summed E-state index contributed by atoms with van der Waals surface area (Å²) in [6.07, 6.45) is 6.82. The summed E-state index contributed by atoms with van der Waals surface area (Å²) in [6, 6.07) is 5.17. The average Bonchev–Trinajstić information content (AvgIpc) is 2.81. The second-order valence-electron chi connectivity index (χ2n) is 4.79. The van der Waals surface area contributed by atoms with Gasteiger partial charge in [0.15, 0.2) is 11.5 Å². The molecular weight excluding hydrogens is 362 g/mol. The van der Waals surface area contributed by atoms with Crippen molar-refractivity contribution in [3.63, 3.8) is 0 Å². The molecule has 0 bridgehead atoms. The molecular formula is C17H15NO5S2. The molecule has 1 aromatic rings. The van der Waals surface area contributed by atoms with E-state index in [2.05, 4.69) is 5.92 Å². The highest BCUT2D eigenvalue weighted by atomic mass is 32.2. The average molecular weight is 377 g/mol. The molecule has 1 saturated heterocycles. The lowest BCUT2D eigenvalue weighted by molar-refractivity contribution is -0.140. The Balaban J connectivity index is 2.27. The Morgan fingerprint density at radius 2 is 2.20 bits per heavy atom. The number of thiocarbonyl (C=S) groups is 1. The van der Waals surface area contributed by atoms with Crippen LogP contribution in [0.25, 0.3) is 6.08 Å². The summed E-state index contributed by atoms with van der Waals surface area (Å²) in [6.45, 7) is 1.95. The van der Waals surface area contributed by atoms with Crippen molar-refractivity contribution in [3.8, 4) is 23.8 Å². The molecule has 6 nitrogen and oxygen atoms in total. The summed E-state index contributed by atoms with van der Waals surface area (Å²) < 4.78 is 11.2. The first-order chi connectivity index (χ1) is 12.0. The summed E-state index contributed by atoms with van der Waals surface area (Å²) in [7, 11) is 0. The van der Waals surface area contributed by atoms with E-state index in [0.717, 1.165) is 16.7 Å². The second kappa shape index (κ2) is 8.55. The zero-order valence-corrected chi connectivity index (χ0v) is 15.0. The van der Waals surface area contributed by atoms with Crippen molar-refractivity contribution in [2.45, 2.75) is 6.92 Å². The molecule has 25 heavy (non-hydrogen) atoms. The molecule has 2 rings (SSSR count). The zero-order valence-electron chi connectivity index (χ0n) is 13.4. The van der Waals surface area contributed by atoms with Gasteiger partial charge >= 0.3 is 5.97 Å². The number of carbonyl (C=O) groups is 2. The minimum absolute atomic E-state index is 0.118. The Bertz CT molecular complexity index is 782. The maximum Gasteiger partial charge on any atom is 0.323 e. The van der Waals surface area contributed by atoms with Crippen LogP contribution in [-0.4, -0.2) is 46.0 Å². The lowest BCUT2D eigenvalue weighted by Gasteiger charge is -2.11. The van der Waals surface area contributed by atoms with Crippen LogP contribution < -0.4 is 9.47 Å². The molecule has 8 heteroatoms. The lowest BCUT2D eigenvalue weighted by Crippen LogP contribution is -2.33. The fourth-order valence-corrected chi connectivity index (χ4v) is 3.30. The van der Waals surface area contributed by atoms with Gasteiger partial charge in [-0.05, 0) is 30.7 Å². The minimum atomic E-state index is -1.12. The number of aliphatic carboxylic acids is 1. The Labute approximate surface area is 154 Å². The van der Waals surface area contributed by atoms with Crippen LogP contribution in [0.15, 0.2) is 23.1 Å². The van der Waals surface area contributed by atoms with Crippen molar-refractivity contribution in [1.29, 1.82) is 0 Å². The van der Waals surface area contributed by atoms with E-state index in [9.17, 15) is 9.59 Å². The minimum Gasteiger partial charge on any atom is -0.490 e. The molecule has 1 aliphatic rings.